The van der Waals surface area contributed by atoms with Crippen molar-refractivity contribution in [3.63, 3.8) is 0 Å². The zero-order valence-electron chi connectivity index (χ0n) is 8.77. The van der Waals surface area contributed by atoms with Crippen molar-refractivity contribution in [3.8, 4) is 0 Å². The van der Waals surface area contributed by atoms with E-state index in [1.807, 2.05) is 0 Å². The number of hydrogen-bond donors (Lipinski definition) is 2. The number of carbonyl (C=O) groups excluding carboxylic acids is 1. The molecule has 2 N–H and O–H groups in total. The Morgan fingerprint density at radius 2 is 2.24 bits per heavy atom. The molecule has 1 heterocycles. The van der Waals surface area contributed by atoms with Crippen LogP contribution in [0.15, 0.2) is 18.2 Å². The SMILES string of the molecule is O=C(Nc1ccc([N+](=O)[O-])c(Cl)c1)C1CNC1. The second kappa shape index (κ2) is 4.68. The van der Waals surface area contributed by atoms with E-state index in [1.54, 1.807) is 0 Å². The summed E-state index contributed by atoms with van der Waals surface area (Å²) < 4.78 is 0. The fraction of sp³-hybridized carbons (Fsp3) is 0.300. The lowest BCUT2D eigenvalue weighted by molar-refractivity contribution is -0.384. The Balaban J connectivity index is 2.09. The summed E-state index contributed by atoms with van der Waals surface area (Å²) in [7, 11) is 0. The number of nitro benzene ring substituents is 1. The van der Waals surface area contributed by atoms with E-state index in [1.165, 1.54) is 18.2 Å². The van der Waals surface area contributed by atoms with Crippen LogP contribution in [0.1, 0.15) is 0 Å². The maximum Gasteiger partial charge on any atom is 0.288 e. The van der Waals surface area contributed by atoms with E-state index in [0.717, 1.165) is 0 Å². The number of benzene rings is 1. The Bertz CT molecular complexity index is 474. The Hall–Kier alpha value is -1.66. The summed E-state index contributed by atoms with van der Waals surface area (Å²) in [5.41, 5.74) is 0.299. The molecule has 90 valence electrons. The van der Waals surface area contributed by atoms with Crippen LogP contribution in [-0.4, -0.2) is 23.9 Å². The average molecular weight is 256 g/mol. The third-order valence-electron chi connectivity index (χ3n) is 2.56. The second-order valence-electron chi connectivity index (χ2n) is 3.77. The van der Waals surface area contributed by atoms with E-state index in [9.17, 15) is 14.9 Å². The summed E-state index contributed by atoms with van der Waals surface area (Å²) in [6.45, 7) is 1.32. The van der Waals surface area contributed by atoms with Gasteiger partial charge in [0.1, 0.15) is 5.02 Å². The molecule has 0 atom stereocenters. The largest absolute Gasteiger partial charge is 0.326 e. The van der Waals surface area contributed by atoms with Gasteiger partial charge in [-0.25, -0.2) is 0 Å². The van der Waals surface area contributed by atoms with Crippen LogP contribution in [0.5, 0.6) is 0 Å². The van der Waals surface area contributed by atoms with Crippen molar-refractivity contribution in [2.24, 2.45) is 5.92 Å². The zero-order valence-corrected chi connectivity index (χ0v) is 9.53. The average Bonchev–Trinajstić information content (AvgIpc) is 2.13. The molecule has 6 nitrogen and oxygen atoms in total. The third-order valence-corrected chi connectivity index (χ3v) is 2.87. The summed E-state index contributed by atoms with van der Waals surface area (Å²) in [4.78, 5) is 21.6. The highest BCUT2D eigenvalue weighted by Gasteiger charge is 2.25. The molecule has 0 aliphatic carbocycles. The Morgan fingerprint density at radius 1 is 1.53 bits per heavy atom. The van der Waals surface area contributed by atoms with E-state index < -0.39 is 4.92 Å². The molecular weight excluding hydrogens is 246 g/mol. The first-order valence-corrected chi connectivity index (χ1v) is 5.41. The zero-order chi connectivity index (χ0) is 12.4. The lowest BCUT2D eigenvalue weighted by atomic mass is 10.0. The highest BCUT2D eigenvalue weighted by Crippen LogP contribution is 2.27. The number of anilines is 1. The third kappa shape index (κ3) is 2.54. The molecule has 1 aromatic carbocycles. The van der Waals surface area contributed by atoms with Gasteiger partial charge in [0.15, 0.2) is 0 Å². The van der Waals surface area contributed by atoms with Crippen molar-refractivity contribution < 1.29 is 9.72 Å². The first-order chi connectivity index (χ1) is 8.08. The van der Waals surface area contributed by atoms with Crippen molar-refractivity contribution >= 4 is 28.9 Å². The van der Waals surface area contributed by atoms with Crippen molar-refractivity contribution in [1.29, 1.82) is 0 Å². The minimum Gasteiger partial charge on any atom is -0.326 e. The van der Waals surface area contributed by atoms with E-state index in [4.69, 9.17) is 11.6 Å². The van der Waals surface area contributed by atoms with Gasteiger partial charge in [-0.1, -0.05) is 11.6 Å². The summed E-state index contributed by atoms with van der Waals surface area (Å²) >= 11 is 5.73. The summed E-state index contributed by atoms with van der Waals surface area (Å²) in [5, 5.41) is 16.2. The molecule has 1 fully saturated rings. The van der Waals surface area contributed by atoms with Crippen LogP contribution in [0.3, 0.4) is 0 Å². The molecule has 0 saturated carbocycles. The first kappa shape index (κ1) is 11.8. The molecule has 1 saturated heterocycles. The van der Waals surface area contributed by atoms with Crippen LogP contribution < -0.4 is 10.6 Å². The van der Waals surface area contributed by atoms with Crippen molar-refractivity contribution in [2.75, 3.05) is 18.4 Å². The summed E-state index contributed by atoms with van der Waals surface area (Å²) in [5.74, 6) is -0.141. The molecule has 1 aliphatic rings. The van der Waals surface area contributed by atoms with Gasteiger partial charge in [0.05, 0.1) is 10.8 Å². The Labute approximate surface area is 102 Å². The van der Waals surface area contributed by atoms with E-state index >= 15 is 0 Å². The van der Waals surface area contributed by atoms with Crippen LogP contribution in [0.25, 0.3) is 0 Å². The number of hydrogen-bond acceptors (Lipinski definition) is 4. The van der Waals surface area contributed by atoms with Crippen LogP contribution in [-0.2, 0) is 4.79 Å². The predicted octanol–water partition coefficient (Wildman–Crippen LogP) is 1.41. The molecule has 0 aromatic heterocycles. The minimum absolute atomic E-state index is 0.0135. The van der Waals surface area contributed by atoms with Crippen molar-refractivity contribution in [3.05, 3.63) is 33.3 Å². The number of carbonyl (C=O) groups is 1. The van der Waals surface area contributed by atoms with Gasteiger partial charge < -0.3 is 10.6 Å². The van der Waals surface area contributed by atoms with Crippen molar-refractivity contribution in [2.45, 2.75) is 0 Å². The molecule has 1 amide bonds. The van der Waals surface area contributed by atoms with Gasteiger partial charge in [0.25, 0.3) is 5.69 Å². The molecule has 0 spiro atoms. The molecular formula is C10H10ClN3O3. The normalized spacial score (nSPS) is 15.1. The second-order valence-corrected chi connectivity index (χ2v) is 4.17. The maximum absolute atomic E-state index is 11.6. The smallest absolute Gasteiger partial charge is 0.288 e. The molecule has 2 rings (SSSR count). The van der Waals surface area contributed by atoms with Gasteiger partial charge in [-0.3, -0.25) is 14.9 Å². The highest BCUT2D eigenvalue weighted by molar-refractivity contribution is 6.33. The number of nitrogens with zero attached hydrogens (tertiary/aromatic N) is 1. The van der Waals surface area contributed by atoms with Gasteiger partial charge in [-0.15, -0.1) is 0 Å². The van der Waals surface area contributed by atoms with Crippen LogP contribution in [0.2, 0.25) is 5.02 Å². The lowest BCUT2D eigenvalue weighted by Crippen LogP contribution is -2.48. The molecule has 1 aromatic rings. The molecule has 17 heavy (non-hydrogen) atoms. The lowest BCUT2D eigenvalue weighted by Gasteiger charge is -2.25. The predicted molar refractivity (Wildman–Crippen MR) is 63.1 cm³/mol. The van der Waals surface area contributed by atoms with Gasteiger partial charge in [0, 0.05) is 24.8 Å². The first-order valence-electron chi connectivity index (χ1n) is 5.03. The van der Waals surface area contributed by atoms with Crippen LogP contribution in [0, 0.1) is 16.0 Å². The monoisotopic (exact) mass is 255 g/mol. The summed E-state index contributed by atoms with van der Waals surface area (Å²) in [6, 6.07) is 4.12. The fourth-order valence-electron chi connectivity index (χ4n) is 1.45. The highest BCUT2D eigenvalue weighted by atomic mass is 35.5. The van der Waals surface area contributed by atoms with E-state index in [0.29, 0.717) is 18.8 Å². The Kier molecular flexibility index (Phi) is 3.26. The molecule has 0 unspecified atom stereocenters. The molecule has 0 radical (unpaired) electrons. The van der Waals surface area contributed by atoms with Crippen molar-refractivity contribution in [1.82, 2.24) is 5.32 Å². The number of amides is 1. The van der Waals surface area contributed by atoms with Gasteiger partial charge in [-0.2, -0.15) is 0 Å². The van der Waals surface area contributed by atoms with E-state index in [2.05, 4.69) is 10.6 Å². The number of rotatable bonds is 3. The molecule has 0 bridgehead atoms. The fourth-order valence-corrected chi connectivity index (χ4v) is 1.70. The number of nitrogens with one attached hydrogen (secondary N) is 2. The maximum atomic E-state index is 11.6. The quantitative estimate of drug-likeness (QED) is 0.632. The molecule has 1 aliphatic heterocycles. The van der Waals surface area contributed by atoms with Gasteiger partial charge >= 0.3 is 0 Å². The van der Waals surface area contributed by atoms with E-state index in [-0.39, 0.29) is 22.5 Å². The van der Waals surface area contributed by atoms with Gasteiger partial charge in [0.2, 0.25) is 5.91 Å². The minimum atomic E-state index is -0.566. The number of halogens is 1. The van der Waals surface area contributed by atoms with Crippen LogP contribution >= 0.6 is 11.6 Å². The topological polar surface area (TPSA) is 84.3 Å². The Morgan fingerprint density at radius 3 is 2.71 bits per heavy atom. The van der Waals surface area contributed by atoms with Crippen LogP contribution in [0.4, 0.5) is 11.4 Å². The number of nitro groups is 1. The molecule has 7 heteroatoms. The standard InChI is InChI=1S/C10H10ClN3O3/c11-8-3-7(1-2-9(8)14(16)17)13-10(15)6-4-12-5-6/h1-3,6,12H,4-5H2,(H,13,15). The summed E-state index contributed by atoms with van der Waals surface area (Å²) in [6.07, 6.45) is 0. The van der Waals surface area contributed by atoms with Gasteiger partial charge in [-0.05, 0) is 12.1 Å².